The van der Waals surface area contributed by atoms with Gasteiger partial charge in [0.05, 0.1) is 21.4 Å². The Labute approximate surface area is 112 Å². The number of nitriles is 1. The third-order valence-corrected chi connectivity index (χ3v) is 6.40. The van der Waals surface area contributed by atoms with Gasteiger partial charge in [-0.05, 0) is 34.5 Å². The highest BCUT2D eigenvalue weighted by Crippen LogP contribution is 2.45. The van der Waals surface area contributed by atoms with Crippen LogP contribution in [-0.4, -0.2) is 25.0 Å². The first-order chi connectivity index (χ1) is 7.88. The monoisotopic (exact) mass is 335 g/mol. The highest BCUT2D eigenvalue weighted by atomic mass is 79.9. The number of hydrogen-bond donors (Lipinski definition) is 1. The molecule has 2 heterocycles. The predicted octanol–water partition coefficient (Wildman–Crippen LogP) is 1.87. The van der Waals surface area contributed by atoms with Crippen LogP contribution < -0.4 is 0 Å². The molecule has 1 N–H and O–H groups in total. The first kappa shape index (κ1) is 13.0. The summed E-state index contributed by atoms with van der Waals surface area (Å²) in [5.74, 6) is -0.280. The van der Waals surface area contributed by atoms with Crippen molar-refractivity contribution in [2.45, 2.75) is 12.5 Å². The summed E-state index contributed by atoms with van der Waals surface area (Å²) in [5, 5.41) is 19.4. The van der Waals surface area contributed by atoms with Crippen LogP contribution in [0.25, 0.3) is 0 Å². The second-order valence-electron chi connectivity index (χ2n) is 4.15. The predicted molar refractivity (Wildman–Crippen MR) is 68.3 cm³/mol. The van der Waals surface area contributed by atoms with E-state index in [1.54, 1.807) is 12.1 Å². The quantitative estimate of drug-likeness (QED) is 0.894. The van der Waals surface area contributed by atoms with Gasteiger partial charge >= 0.3 is 0 Å². The maximum atomic E-state index is 11.5. The normalized spacial score (nSPS) is 28.8. The molecule has 1 aliphatic rings. The molecule has 2 atom stereocenters. The minimum Gasteiger partial charge on any atom is -0.386 e. The van der Waals surface area contributed by atoms with Gasteiger partial charge in [0.1, 0.15) is 11.5 Å². The SMILES string of the molecule is N#CC1(C(O)c2ccc(Br)s2)CCS(=O)(=O)C1. The molecule has 17 heavy (non-hydrogen) atoms. The van der Waals surface area contributed by atoms with Crippen LogP contribution in [0.3, 0.4) is 0 Å². The fraction of sp³-hybridized carbons (Fsp3) is 0.500. The van der Waals surface area contributed by atoms with Crippen LogP contribution in [-0.2, 0) is 9.84 Å². The molecule has 2 unspecified atom stereocenters. The summed E-state index contributed by atoms with van der Waals surface area (Å²) >= 11 is 4.59. The van der Waals surface area contributed by atoms with Crippen LogP contribution in [0.2, 0.25) is 0 Å². The van der Waals surface area contributed by atoms with Crippen LogP contribution in [0.15, 0.2) is 15.9 Å². The summed E-state index contributed by atoms with van der Waals surface area (Å²) in [4.78, 5) is 0.621. The highest BCUT2D eigenvalue weighted by Gasteiger charge is 2.49. The van der Waals surface area contributed by atoms with E-state index in [1.807, 2.05) is 6.07 Å². The Kier molecular flexibility index (Phi) is 3.34. The highest BCUT2D eigenvalue weighted by molar-refractivity contribution is 9.11. The lowest BCUT2D eigenvalue weighted by Crippen LogP contribution is -2.28. The number of nitrogens with zero attached hydrogens (tertiary/aromatic N) is 1. The lowest BCUT2D eigenvalue weighted by atomic mass is 9.82. The topological polar surface area (TPSA) is 78.2 Å². The van der Waals surface area contributed by atoms with Gasteiger partial charge in [-0.15, -0.1) is 11.3 Å². The molecule has 1 aromatic rings. The van der Waals surface area contributed by atoms with Crippen molar-refractivity contribution in [1.29, 1.82) is 5.26 Å². The van der Waals surface area contributed by atoms with Crippen molar-refractivity contribution >= 4 is 37.1 Å². The van der Waals surface area contributed by atoms with Crippen LogP contribution in [0.5, 0.6) is 0 Å². The van der Waals surface area contributed by atoms with E-state index in [0.717, 1.165) is 3.79 Å². The molecule has 2 rings (SSSR count). The summed E-state index contributed by atoms with van der Waals surface area (Å²) in [6, 6.07) is 5.49. The minimum atomic E-state index is -3.20. The molecule has 0 spiro atoms. The summed E-state index contributed by atoms with van der Waals surface area (Å²) in [6.45, 7) is 0. The minimum absolute atomic E-state index is 0.0236. The number of sulfone groups is 1. The van der Waals surface area contributed by atoms with E-state index in [1.165, 1.54) is 11.3 Å². The Morgan fingerprint density at radius 3 is 2.71 bits per heavy atom. The lowest BCUT2D eigenvalue weighted by Gasteiger charge is -2.24. The first-order valence-corrected chi connectivity index (χ1v) is 8.37. The van der Waals surface area contributed by atoms with Gasteiger partial charge in [0.25, 0.3) is 0 Å². The summed E-state index contributed by atoms with van der Waals surface area (Å²) in [5.41, 5.74) is -1.19. The fourth-order valence-electron chi connectivity index (χ4n) is 1.99. The van der Waals surface area contributed by atoms with Gasteiger partial charge in [0.15, 0.2) is 9.84 Å². The Morgan fingerprint density at radius 2 is 2.29 bits per heavy atom. The molecule has 1 fully saturated rings. The molecule has 4 nitrogen and oxygen atoms in total. The fourth-order valence-corrected chi connectivity index (χ4v) is 5.49. The Hall–Kier alpha value is -0.420. The molecule has 92 valence electrons. The van der Waals surface area contributed by atoms with Gasteiger partial charge < -0.3 is 5.11 Å². The first-order valence-electron chi connectivity index (χ1n) is 4.93. The smallest absolute Gasteiger partial charge is 0.152 e. The van der Waals surface area contributed by atoms with Gasteiger partial charge in [-0.2, -0.15) is 5.26 Å². The van der Waals surface area contributed by atoms with Gasteiger partial charge in [-0.1, -0.05) is 0 Å². The molecule has 0 amide bonds. The van der Waals surface area contributed by atoms with E-state index in [2.05, 4.69) is 15.9 Å². The Bertz CT molecular complexity index is 575. The Morgan fingerprint density at radius 1 is 1.59 bits per heavy atom. The van der Waals surface area contributed by atoms with Gasteiger partial charge in [-0.25, -0.2) is 8.42 Å². The second-order valence-corrected chi connectivity index (χ2v) is 8.83. The zero-order valence-corrected chi connectivity index (χ0v) is 12.0. The number of hydrogen-bond acceptors (Lipinski definition) is 5. The van der Waals surface area contributed by atoms with Crippen molar-refractivity contribution in [1.82, 2.24) is 0 Å². The standard InChI is InChI=1S/C10H10BrNO3S2/c11-8-2-1-7(16-8)9(13)10(5-12)3-4-17(14,15)6-10/h1-2,9,13H,3-4,6H2. The maximum absolute atomic E-state index is 11.5. The van der Waals surface area contributed by atoms with E-state index < -0.39 is 21.4 Å². The molecule has 1 saturated heterocycles. The molecular formula is C10H10BrNO3S2. The summed E-state index contributed by atoms with van der Waals surface area (Å²) in [6.07, 6.45) is -0.844. The van der Waals surface area contributed by atoms with Crippen molar-refractivity contribution in [3.8, 4) is 6.07 Å². The zero-order valence-electron chi connectivity index (χ0n) is 8.76. The van der Waals surface area contributed by atoms with Gasteiger partial charge in [0, 0.05) is 4.88 Å². The number of thiophene rings is 1. The van der Waals surface area contributed by atoms with Crippen molar-refractivity contribution in [2.75, 3.05) is 11.5 Å². The molecule has 7 heteroatoms. The van der Waals surface area contributed by atoms with E-state index in [4.69, 9.17) is 0 Å². The van der Waals surface area contributed by atoms with Crippen molar-refractivity contribution < 1.29 is 13.5 Å². The van der Waals surface area contributed by atoms with Crippen molar-refractivity contribution in [2.24, 2.45) is 5.41 Å². The van der Waals surface area contributed by atoms with E-state index in [-0.39, 0.29) is 17.9 Å². The van der Waals surface area contributed by atoms with Crippen molar-refractivity contribution in [3.63, 3.8) is 0 Å². The molecule has 0 radical (unpaired) electrons. The van der Waals surface area contributed by atoms with E-state index >= 15 is 0 Å². The third kappa shape index (κ3) is 2.40. The maximum Gasteiger partial charge on any atom is 0.152 e. The molecule has 0 bridgehead atoms. The van der Waals surface area contributed by atoms with Crippen molar-refractivity contribution in [3.05, 3.63) is 20.8 Å². The lowest BCUT2D eigenvalue weighted by molar-refractivity contribution is 0.0826. The van der Waals surface area contributed by atoms with Gasteiger partial charge in [0.2, 0.25) is 0 Å². The zero-order chi connectivity index (χ0) is 12.7. The number of aliphatic hydroxyl groups is 1. The summed E-state index contributed by atoms with van der Waals surface area (Å²) < 4.78 is 23.8. The van der Waals surface area contributed by atoms with E-state index in [0.29, 0.717) is 4.88 Å². The van der Waals surface area contributed by atoms with Gasteiger partial charge in [-0.3, -0.25) is 0 Å². The van der Waals surface area contributed by atoms with E-state index in [9.17, 15) is 18.8 Å². The van der Waals surface area contributed by atoms with Crippen LogP contribution >= 0.6 is 27.3 Å². The third-order valence-electron chi connectivity index (χ3n) is 2.95. The van der Waals surface area contributed by atoms with Crippen LogP contribution in [0.4, 0.5) is 0 Å². The molecule has 0 aromatic carbocycles. The molecule has 0 aliphatic carbocycles. The largest absolute Gasteiger partial charge is 0.386 e. The molecule has 1 aromatic heterocycles. The van der Waals surface area contributed by atoms with Crippen LogP contribution in [0.1, 0.15) is 17.4 Å². The average Bonchev–Trinajstić information content (AvgIpc) is 2.82. The molecular weight excluding hydrogens is 326 g/mol. The second kappa shape index (κ2) is 4.35. The number of aliphatic hydroxyl groups excluding tert-OH is 1. The average molecular weight is 336 g/mol. The number of halogens is 1. The number of rotatable bonds is 2. The molecule has 1 aliphatic heterocycles. The Balaban J connectivity index is 2.35. The van der Waals surface area contributed by atoms with Crippen LogP contribution in [0, 0.1) is 16.7 Å². The summed E-state index contributed by atoms with van der Waals surface area (Å²) in [7, 11) is -3.20. The molecule has 0 saturated carbocycles.